The van der Waals surface area contributed by atoms with Crippen molar-refractivity contribution in [2.45, 2.75) is 63.9 Å². The van der Waals surface area contributed by atoms with Crippen LogP contribution in [0.15, 0.2) is 46.1 Å². The van der Waals surface area contributed by atoms with Crippen molar-refractivity contribution < 1.29 is 37.9 Å². The number of aliphatic hydroxyl groups is 2. The molecule has 0 aliphatic carbocycles. The highest BCUT2D eigenvalue weighted by Gasteiger charge is 2.53. The number of ether oxygens (including phenoxy) is 2. The first-order chi connectivity index (χ1) is 17.2. The predicted molar refractivity (Wildman–Crippen MR) is 133 cm³/mol. The van der Waals surface area contributed by atoms with E-state index in [1.54, 1.807) is 13.8 Å². The molecule has 1 aliphatic heterocycles. The molecule has 1 aromatic carbocycles. The number of carbonyl (C=O) groups is 1. The summed E-state index contributed by atoms with van der Waals surface area (Å²) in [6.45, 7) is 2.12. The summed E-state index contributed by atoms with van der Waals surface area (Å²) in [4.78, 5) is 38.0. The van der Waals surface area contributed by atoms with E-state index in [2.05, 4.69) is 10.1 Å². The van der Waals surface area contributed by atoms with Crippen LogP contribution >= 0.6 is 6.64 Å². The number of aliphatic hydroxyl groups excluding tert-OH is 1. The van der Waals surface area contributed by atoms with Crippen LogP contribution in [0.4, 0.5) is 4.39 Å². The summed E-state index contributed by atoms with van der Waals surface area (Å²) < 4.78 is 36.8. The summed E-state index contributed by atoms with van der Waals surface area (Å²) in [5.74, 6) is -0.969. The maximum absolute atomic E-state index is 13.4. The standard InChI is InChI=1S/C22H29FN3O9PS/c1-12(2)33-19(29)13(3)25-36(37,35-15-7-5-14(23)6-8-15)32-11-16-18(28)22(4,31)20(34-16)26-10-9-17(27)24-21(26)30/h5-10,12-13,16,18,20,28,31H,11H2,1-4H3,(H,25,37)(H,24,27,30)/t13?,16-,18-,20-,22-,36?/m1/s1. The first-order valence-corrected chi connectivity index (χ1v) is 13.9. The minimum Gasteiger partial charge on any atom is -0.462 e. The molecule has 2 aromatic rings. The number of H-pyrrole nitrogens is 1. The Balaban J connectivity index is 1.81. The van der Waals surface area contributed by atoms with Gasteiger partial charge in [0.25, 0.3) is 5.56 Å². The largest absolute Gasteiger partial charge is 0.462 e. The average Bonchev–Trinajstić information content (AvgIpc) is 3.02. The average molecular weight is 562 g/mol. The lowest BCUT2D eigenvalue weighted by atomic mass is 9.96. The van der Waals surface area contributed by atoms with Crippen LogP contribution < -0.4 is 20.9 Å². The third kappa shape index (κ3) is 7.11. The van der Waals surface area contributed by atoms with Crippen molar-refractivity contribution in [1.29, 1.82) is 0 Å². The molecule has 1 aromatic heterocycles. The summed E-state index contributed by atoms with van der Waals surface area (Å²) in [7, 11) is 0. The molecule has 1 fully saturated rings. The third-order valence-corrected chi connectivity index (χ3v) is 7.86. The van der Waals surface area contributed by atoms with Crippen molar-refractivity contribution in [3.05, 3.63) is 63.2 Å². The Hall–Kier alpha value is -2.45. The molecule has 15 heteroatoms. The van der Waals surface area contributed by atoms with Crippen LogP contribution in [0.5, 0.6) is 5.75 Å². The number of esters is 1. The summed E-state index contributed by atoms with van der Waals surface area (Å²) >= 11 is 5.57. The number of nitrogens with one attached hydrogen (secondary N) is 2. The third-order valence-electron chi connectivity index (χ3n) is 5.36. The molecule has 3 rings (SSSR count). The Morgan fingerprint density at radius 1 is 1.30 bits per heavy atom. The van der Waals surface area contributed by atoms with Gasteiger partial charge < -0.3 is 28.7 Å². The molecule has 204 valence electrons. The van der Waals surface area contributed by atoms with Crippen molar-refractivity contribution in [2.75, 3.05) is 6.61 Å². The first-order valence-electron chi connectivity index (χ1n) is 11.3. The number of hydrogen-bond donors (Lipinski definition) is 4. The Labute approximate surface area is 216 Å². The molecule has 0 radical (unpaired) electrons. The molecule has 0 spiro atoms. The molecule has 37 heavy (non-hydrogen) atoms. The second-order valence-corrected chi connectivity index (χ2v) is 12.0. The topological polar surface area (TPSA) is 161 Å². The van der Waals surface area contributed by atoms with Crippen molar-refractivity contribution in [1.82, 2.24) is 14.6 Å². The van der Waals surface area contributed by atoms with Crippen LogP contribution in [-0.4, -0.2) is 62.3 Å². The Morgan fingerprint density at radius 2 is 1.95 bits per heavy atom. The predicted octanol–water partition coefficient (Wildman–Crippen LogP) is 0.935. The lowest BCUT2D eigenvalue weighted by molar-refractivity contribution is -0.149. The Bertz CT molecular complexity index is 1270. The molecular weight excluding hydrogens is 532 g/mol. The number of halogens is 1. The Kier molecular flexibility index (Phi) is 9.06. The smallest absolute Gasteiger partial charge is 0.330 e. The fraction of sp³-hybridized carbons (Fsp3) is 0.500. The summed E-state index contributed by atoms with van der Waals surface area (Å²) in [6, 6.07) is 5.05. The van der Waals surface area contributed by atoms with E-state index >= 15 is 0 Å². The van der Waals surface area contributed by atoms with Crippen LogP contribution in [0.2, 0.25) is 0 Å². The fourth-order valence-electron chi connectivity index (χ4n) is 3.51. The van der Waals surface area contributed by atoms with Gasteiger partial charge >= 0.3 is 18.3 Å². The quantitative estimate of drug-likeness (QED) is 0.241. The van der Waals surface area contributed by atoms with Gasteiger partial charge in [0.2, 0.25) is 0 Å². The van der Waals surface area contributed by atoms with E-state index in [0.717, 1.165) is 29.0 Å². The van der Waals surface area contributed by atoms with Gasteiger partial charge in [-0.3, -0.25) is 19.1 Å². The van der Waals surface area contributed by atoms with Crippen LogP contribution in [0.3, 0.4) is 0 Å². The Morgan fingerprint density at radius 3 is 2.54 bits per heavy atom. The maximum atomic E-state index is 13.4. The van der Waals surface area contributed by atoms with Gasteiger partial charge in [0.05, 0.1) is 12.7 Å². The minimum absolute atomic E-state index is 0.152. The van der Waals surface area contributed by atoms with Crippen LogP contribution in [0.1, 0.15) is 33.9 Å². The van der Waals surface area contributed by atoms with Gasteiger partial charge in [-0.2, -0.15) is 0 Å². The van der Waals surface area contributed by atoms with Crippen molar-refractivity contribution in [3.8, 4) is 5.75 Å². The highest BCUT2D eigenvalue weighted by Crippen LogP contribution is 2.47. The van der Waals surface area contributed by atoms with E-state index < -0.39 is 66.4 Å². The maximum Gasteiger partial charge on any atom is 0.330 e. The lowest BCUT2D eigenvalue weighted by Crippen LogP contribution is -2.47. The molecule has 0 saturated carbocycles. The number of rotatable bonds is 10. The fourth-order valence-corrected chi connectivity index (χ4v) is 5.93. The highest BCUT2D eigenvalue weighted by molar-refractivity contribution is 8.09. The number of aromatic nitrogens is 2. The molecule has 1 saturated heterocycles. The van der Waals surface area contributed by atoms with E-state index in [1.807, 2.05) is 0 Å². The molecular formula is C22H29FN3O9PS. The van der Waals surface area contributed by atoms with Gasteiger partial charge in [0, 0.05) is 12.3 Å². The van der Waals surface area contributed by atoms with Gasteiger partial charge in [-0.05, 0) is 63.8 Å². The van der Waals surface area contributed by atoms with Crippen molar-refractivity contribution >= 4 is 24.4 Å². The van der Waals surface area contributed by atoms with Gasteiger partial charge in [-0.1, -0.05) is 0 Å². The summed E-state index contributed by atoms with van der Waals surface area (Å²) in [5, 5.41) is 24.4. The lowest BCUT2D eigenvalue weighted by Gasteiger charge is -2.28. The van der Waals surface area contributed by atoms with Crippen molar-refractivity contribution in [2.24, 2.45) is 0 Å². The molecule has 2 heterocycles. The monoisotopic (exact) mass is 561 g/mol. The number of nitrogens with zero attached hydrogens (tertiary/aromatic N) is 1. The van der Waals surface area contributed by atoms with E-state index in [0.29, 0.717) is 0 Å². The van der Waals surface area contributed by atoms with Gasteiger partial charge in [0.15, 0.2) is 6.23 Å². The molecule has 6 atom stereocenters. The molecule has 12 nitrogen and oxygen atoms in total. The number of aromatic amines is 1. The first kappa shape index (κ1) is 29.1. The zero-order valence-corrected chi connectivity index (χ0v) is 22.2. The van der Waals surface area contributed by atoms with E-state index in [1.165, 1.54) is 26.0 Å². The van der Waals surface area contributed by atoms with E-state index in [9.17, 15) is 29.0 Å². The second kappa shape index (κ2) is 11.5. The normalized spacial score (nSPS) is 26.0. The van der Waals surface area contributed by atoms with E-state index in [-0.39, 0.29) is 11.9 Å². The minimum atomic E-state index is -3.57. The highest BCUT2D eigenvalue weighted by atomic mass is 32.5. The number of carbonyl (C=O) groups excluding carboxylic acids is 1. The van der Waals surface area contributed by atoms with Gasteiger partial charge in [-0.15, -0.1) is 0 Å². The van der Waals surface area contributed by atoms with Crippen LogP contribution in [0.25, 0.3) is 0 Å². The van der Waals surface area contributed by atoms with Gasteiger partial charge in [-0.25, -0.2) is 14.3 Å². The SMILES string of the molecule is CC(C)OC(=O)C(C)NP(=S)(OC[C@H]1O[C@@H](n2ccc(=O)[nH]c2=O)[C@](C)(O)[C@@H]1O)Oc1ccc(F)cc1. The van der Waals surface area contributed by atoms with Crippen LogP contribution in [-0.2, 0) is 30.6 Å². The number of hydrogen-bond acceptors (Lipinski definition) is 10. The molecule has 1 aliphatic rings. The zero-order valence-electron chi connectivity index (χ0n) is 20.5. The van der Waals surface area contributed by atoms with Crippen molar-refractivity contribution in [3.63, 3.8) is 0 Å². The van der Waals surface area contributed by atoms with E-state index in [4.69, 9.17) is 30.3 Å². The molecule has 2 unspecified atom stereocenters. The molecule has 0 bridgehead atoms. The second-order valence-electron chi connectivity index (χ2n) is 8.89. The molecule has 4 N–H and O–H groups in total. The molecule has 0 amide bonds. The zero-order chi connectivity index (χ0) is 27.5. The summed E-state index contributed by atoms with van der Waals surface area (Å²) in [6.07, 6.45) is -3.37. The van der Waals surface area contributed by atoms with Crippen LogP contribution in [0, 0.1) is 5.82 Å². The van der Waals surface area contributed by atoms with Gasteiger partial charge in [0.1, 0.15) is 35.4 Å². The summed E-state index contributed by atoms with van der Waals surface area (Å²) in [5.41, 5.74) is -3.46. The number of benzene rings is 1.